The Morgan fingerprint density at radius 2 is 2.08 bits per heavy atom. The van der Waals surface area contributed by atoms with Gasteiger partial charge in [0.05, 0.1) is 11.3 Å². The van der Waals surface area contributed by atoms with E-state index in [0.717, 1.165) is 51.0 Å². The van der Waals surface area contributed by atoms with Gasteiger partial charge < -0.3 is 14.7 Å². The van der Waals surface area contributed by atoms with Crippen LogP contribution in [-0.4, -0.2) is 51.4 Å². The molecular formula is C28H36FN5O2. The molecule has 2 saturated carbocycles. The minimum Gasteiger partial charge on any atom is -0.361 e. The summed E-state index contributed by atoms with van der Waals surface area (Å²) in [7, 11) is 1.74. The summed E-state index contributed by atoms with van der Waals surface area (Å²) < 4.78 is 21.2. The van der Waals surface area contributed by atoms with Crippen molar-refractivity contribution in [2.75, 3.05) is 19.6 Å². The molecule has 3 atom stereocenters. The van der Waals surface area contributed by atoms with Crippen LogP contribution in [0.3, 0.4) is 0 Å². The SMILES string of the molecule is CCc1cc([C@@]23CN(CC[C@H]4CC[C@H](NC(=O)c5ccc(F)c6nn(C)cc56)CC4)C[C@@H]2C3C)no1. The second-order valence-electron chi connectivity index (χ2n) is 11.3. The molecule has 7 nitrogen and oxygen atoms in total. The molecule has 0 spiro atoms. The third kappa shape index (κ3) is 3.94. The van der Waals surface area contributed by atoms with E-state index in [4.69, 9.17) is 4.52 Å². The second kappa shape index (κ2) is 8.98. The van der Waals surface area contributed by atoms with Gasteiger partial charge in [-0.1, -0.05) is 19.0 Å². The maximum absolute atomic E-state index is 14.1. The summed E-state index contributed by atoms with van der Waals surface area (Å²) in [5.41, 5.74) is 2.12. The van der Waals surface area contributed by atoms with Gasteiger partial charge in [-0.2, -0.15) is 5.10 Å². The molecule has 1 saturated heterocycles. The number of amides is 1. The van der Waals surface area contributed by atoms with Gasteiger partial charge in [-0.05, 0) is 68.5 Å². The number of hydrogen-bond acceptors (Lipinski definition) is 5. The van der Waals surface area contributed by atoms with Crippen molar-refractivity contribution in [2.24, 2.45) is 24.8 Å². The van der Waals surface area contributed by atoms with Crippen molar-refractivity contribution in [3.8, 4) is 0 Å². The van der Waals surface area contributed by atoms with Crippen molar-refractivity contribution in [1.29, 1.82) is 0 Å². The molecule has 3 aliphatic rings. The highest BCUT2D eigenvalue weighted by Crippen LogP contribution is 2.63. The van der Waals surface area contributed by atoms with E-state index in [1.54, 1.807) is 24.0 Å². The zero-order valence-electron chi connectivity index (χ0n) is 21.5. The minimum atomic E-state index is -0.398. The van der Waals surface area contributed by atoms with E-state index in [-0.39, 0.29) is 22.9 Å². The number of likely N-dealkylation sites (tertiary alicyclic amines) is 1. The molecule has 1 amide bonds. The van der Waals surface area contributed by atoms with E-state index in [1.165, 1.54) is 24.7 Å². The number of nitrogens with zero attached hydrogens (tertiary/aromatic N) is 4. The summed E-state index contributed by atoms with van der Waals surface area (Å²) in [4.78, 5) is 15.6. The molecule has 192 valence electrons. The summed E-state index contributed by atoms with van der Waals surface area (Å²) in [5.74, 6) is 2.56. The first-order valence-corrected chi connectivity index (χ1v) is 13.5. The number of rotatable bonds is 7. The molecule has 3 aromatic rings. The molecule has 36 heavy (non-hydrogen) atoms. The largest absolute Gasteiger partial charge is 0.361 e. The molecule has 1 aromatic carbocycles. The van der Waals surface area contributed by atoms with E-state index in [2.05, 4.69) is 40.4 Å². The van der Waals surface area contributed by atoms with Crippen LogP contribution in [0, 0.1) is 23.6 Å². The number of piperidine rings is 1. The van der Waals surface area contributed by atoms with Crippen molar-refractivity contribution in [3.63, 3.8) is 0 Å². The molecule has 1 aliphatic heterocycles. The second-order valence-corrected chi connectivity index (χ2v) is 11.3. The van der Waals surface area contributed by atoms with Gasteiger partial charge in [-0.15, -0.1) is 0 Å². The fourth-order valence-electron chi connectivity index (χ4n) is 7.00. The molecule has 0 bridgehead atoms. The third-order valence-electron chi connectivity index (χ3n) is 9.31. The number of nitrogens with one attached hydrogen (secondary N) is 1. The van der Waals surface area contributed by atoms with Gasteiger partial charge in [0.2, 0.25) is 0 Å². The number of carbonyl (C=O) groups is 1. The Morgan fingerprint density at radius 1 is 1.28 bits per heavy atom. The maximum Gasteiger partial charge on any atom is 0.252 e. The molecule has 6 rings (SSSR count). The monoisotopic (exact) mass is 493 g/mol. The third-order valence-corrected chi connectivity index (χ3v) is 9.31. The molecule has 1 unspecified atom stereocenters. The van der Waals surface area contributed by atoms with Crippen LogP contribution in [0.1, 0.15) is 67.8 Å². The van der Waals surface area contributed by atoms with E-state index in [0.29, 0.717) is 28.7 Å². The first-order valence-electron chi connectivity index (χ1n) is 13.5. The van der Waals surface area contributed by atoms with Crippen molar-refractivity contribution >= 4 is 16.8 Å². The van der Waals surface area contributed by atoms with Crippen LogP contribution in [0.15, 0.2) is 28.9 Å². The van der Waals surface area contributed by atoms with E-state index < -0.39 is 5.82 Å². The Hall–Kier alpha value is -2.74. The maximum atomic E-state index is 14.1. The van der Waals surface area contributed by atoms with Crippen molar-refractivity contribution in [1.82, 2.24) is 25.2 Å². The standard InChI is InChI=1S/C28H36FN5O2/c1-4-20-13-25(32-36-20)28-16-34(15-23(28)17(28)2)12-11-18-5-7-19(8-6-18)30-27(35)21-9-10-24(29)26-22(21)14-33(3)31-26/h9-10,13-14,17-19,23H,4-8,11-12,15-16H2,1-3H3,(H,30,35)/t17?,18-,19-,23-,28-/m1/s1. The fraction of sp³-hybridized carbons (Fsp3) is 0.607. The smallest absolute Gasteiger partial charge is 0.252 e. The highest BCUT2D eigenvalue weighted by atomic mass is 19.1. The molecule has 1 N–H and O–H groups in total. The first kappa shape index (κ1) is 23.6. The molecule has 0 radical (unpaired) electrons. The van der Waals surface area contributed by atoms with Crippen LogP contribution >= 0.6 is 0 Å². The molecule has 8 heteroatoms. The summed E-state index contributed by atoms with van der Waals surface area (Å²) in [6.07, 6.45) is 8.09. The van der Waals surface area contributed by atoms with E-state index in [9.17, 15) is 9.18 Å². The summed E-state index contributed by atoms with van der Waals surface area (Å²) in [6, 6.07) is 5.26. The van der Waals surface area contributed by atoms with Gasteiger partial charge in [0.15, 0.2) is 5.82 Å². The number of aryl methyl sites for hydroxylation is 2. The molecular weight excluding hydrogens is 457 g/mol. The average Bonchev–Trinajstić information content (AvgIpc) is 3.39. The van der Waals surface area contributed by atoms with Crippen molar-refractivity contribution in [3.05, 3.63) is 47.2 Å². The lowest BCUT2D eigenvalue weighted by Gasteiger charge is -2.31. The van der Waals surface area contributed by atoms with Gasteiger partial charge in [-0.3, -0.25) is 9.48 Å². The normalized spacial score (nSPS) is 30.0. The van der Waals surface area contributed by atoms with Gasteiger partial charge in [-0.25, -0.2) is 4.39 Å². The van der Waals surface area contributed by atoms with Crippen molar-refractivity contribution < 1.29 is 13.7 Å². The van der Waals surface area contributed by atoms with E-state index in [1.807, 2.05) is 0 Å². The molecule has 2 aliphatic carbocycles. The zero-order valence-corrected chi connectivity index (χ0v) is 21.5. The van der Waals surface area contributed by atoms with Gasteiger partial charge in [0.25, 0.3) is 5.91 Å². The summed E-state index contributed by atoms with van der Waals surface area (Å²) in [5, 5.41) is 12.3. The predicted molar refractivity (Wildman–Crippen MR) is 135 cm³/mol. The van der Waals surface area contributed by atoms with Crippen LogP contribution in [0.4, 0.5) is 4.39 Å². The Morgan fingerprint density at radius 3 is 2.83 bits per heavy atom. The number of fused-ring (bicyclic) bond motifs is 2. The highest BCUT2D eigenvalue weighted by Gasteiger charge is 2.68. The molecule has 2 aromatic heterocycles. The van der Waals surface area contributed by atoms with Crippen LogP contribution in [-0.2, 0) is 18.9 Å². The van der Waals surface area contributed by atoms with Gasteiger partial charge >= 0.3 is 0 Å². The quantitative estimate of drug-likeness (QED) is 0.526. The number of hydrogen-bond donors (Lipinski definition) is 1. The van der Waals surface area contributed by atoms with Gasteiger partial charge in [0.1, 0.15) is 11.3 Å². The number of benzene rings is 1. The van der Waals surface area contributed by atoms with Crippen LogP contribution in [0.2, 0.25) is 0 Å². The Balaban J connectivity index is 0.989. The first-order chi connectivity index (χ1) is 17.4. The van der Waals surface area contributed by atoms with Crippen molar-refractivity contribution in [2.45, 2.75) is 63.8 Å². The zero-order chi connectivity index (χ0) is 25.0. The number of aromatic nitrogens is 3. The number of halogens is 1. The number of carbonyl (C=O) groups excluding carboxylic acids is 1. The summed E-state index contributed by atoms with van der Waals surface area (Å²) >= 11 is 0. The summed E-state index contributed by atoms with van der Waals surface area (Å²) in [6.45, 7) is 7.88. The fourth-order valence-corrected chi connectivity index (χ4v) is 7.00. The Bertz CT molecular complexity index is 1280. The van der Waals surface area contributed by atoms with Gasteiger partial charge in [0, 0.05) is 55.7 Å². The molecule has 3 fully saturated rings. The minimum absolute atomic E-state index is 0.133. The van der Waals surface area contributed by atoms with E-state index >= 15 is 0 Å². The van der Waals surface area contributed by atoms with Crippen LogP contribution in [0.5, 0.6) is 0 Å². The van der Waals surface area contributed by atoms with Crippen LogP contribution < -0.4 is 5.32 Å². The highest BCUT2D eigenvalue weighted by molar-refractivity contribution is 6.06. The lowest BCUT2D eigenvalue weighted by molar-refractivity contribution is 0.0921. The Labute approximate surface area is 211 Å². The predicted octanol–water partition coefficient (Wildman–Crippen LogP) is 4.46. The molecule has 3 heterocycles. The lowest BCUT2D eigenvalue weighted by Crippen LogP contribution is -2.38. The topological polar surface area (TPSA) is 76.2 Å². The van der Waals surface area contributed by atoms with Crippen LogP contribution in [0.25, 0.3) is 10.9 Å². The average molecular weight is 494 g/mol. The Kier molecular flexibility index (Phi) is 5.90. The lowest BCUT2D eigenvalue weighted by atomic mass is 9.84.